The predicted octanol–water partition coefficient (Wildman–Crippen LogP) is 4.00. The maximum Gasteiger partial charge on any atom is 0.0395 e. The monoisotopic (exact) mass is 301 g/mol. The Morgan fingerprint density at radius 2 is 1.86 bits per heavy atom. The fraction of sp³-hybridized carbons (Fsp3) is 0.412. The van der Waals surface area contributed by atoms with Gasteiger partial charge in [0, 0.05) is 29.5 Å². The molecular weight excluding hydrogens is 278 g/mol. The molecule has 1 fully saturated rings. The number of thiophene rings is 1. The van der Waals surface area contributed by atoms with E-state index in [-0.39, 0.29) is 0 Å². The van der Waals surface area contributed by atoms with Crippen molar-refractivity contribution in [3.8, 4) is 11.1 Å². The van der Waals surface area contributed by atoms with Crippen LogP contribution in [0.3, 0.4) is 0 Å². The first-order valence-corrected chi connectivity index (χ1v) is 8.62. The second-order valence-corrected chi connectivity index (χ2v) is 6.62. The van der Waals surface area contributed by atoms with E-state index in [1.54, 1.807) is 11.3 Å². The molecule has 0 saturated heterocycles. The molecule has 4 heteroatoms. The van der Waals surface area contributed by atoms with Crippen molar-refractivity contribution < 1.29 is 0 Å². The molecule has 5 N–H and O–H groups in total. The molecule has 1 aromatic heterocycles. The number of rotatable bonds is 4. The van der Waals surface area contributed by atoms with E-state index < -0.39 is 0 Å². The molecule has 3 nitrogen and oxygen atoms in total. The number of benzene rings is 1. The highest BCUT2D eigenvalue weighted by Gasteiger charge is 2.15. The summed E-state index contributed by atoms with van der Waals surface area (Å²) in [6.07, 6.45) is 6.72. The van der Waals surface area contributed by atoms with Gasteiger partial charge in [0.2, 0.25) is 0 Å². The average molecular weight is 301 g/mol. The van der Waals surface area contributed by atoms with Gasteiger partial charge in [-0.25, -0.2) is 0 Å². The van der Waals surface area contributed by atoms with Crippen LogP contribution >= 0.6 is 11.3 Å². The topological polar surface area (TPSA) is 64.1 Å². The summed E-state index contributed by atoms with van der Waals surface area (Å²) in [7, 11) is 0. The van der Waals surface area contributed by atoms with Gasteiger partial charge in [-0.15, -0.1) is 0 Å². The first-order chi connectivity index (χ1) is 10.2. The van der Waals surface area contributed by atoms with Crippen LogP contribution in [-0.4, -0.2) is 6.04 Å². The molecule has 1 saturated carbocycles. The number of hydrogen-bond donors (Lipinski definition) is 3. The number of nitrogen functional groups attached to an aromatic ring is 2. The van der Waals surface area contributed by atoms with Gasteiger partial charge in [0.15, 0.2) is 0 Å². The van der Waals surface area contributed by atoms with Crippen molar-refractivity contribution >= 4 is 22.7 Å². The highest BCUT2D eigenvalue weighted by Crippen LogP contribution is 2.33. The van der Waals surface area contributed by atoms with Crippen LogP contribution in [-0.2, 0) is 6.54 Å². The molecule has 0 aliphatic heterocycles. The summed E-state index contributed by atoms with van der Waals surface area (Å²) < 4.78 is 0. The third-order valence-electron chi connectivity index (χ3n) is 4.30. The Morgan fingerprint density at radius 3 is 2.67 bits per heavy atom. The lowest BCUT2D eigenvalue weighted by atomic mass is 9.95. The Hall–Kier alpha value is -1.52. The van der Waals surface area contributed by atoms with Crippen molar-refractivity contribution in [2.24, 2.45) is 0 Å². The third kappa shape index (κ3) is 3.39. The Morgan fingerprint density at radius 1 is 1.05 bits per heavy atom. The van der Waals surface area contributed by atoms with Crippen molar-refractivity contribution in [3.63, 3.8) is 0 Å². The van der Waals surface area contributed by atoms with Crippen molar-refractivity contribution in [1.82, 2.24) is 5.32 Å². The minimum absolute atomic E-state index is 0.671. The number of nitrogens with two attached hydrogens (primary N) is 2. The van der Waals surface area contributed by atoms with Gasteiger partial charge in [-0.05, 0) is 52.9 Å². The molecule has 0 bridgehead atoms. The molecule has 1 aromatic carbocycles. The second-order valence-electron chi connectivity index (χ2n) is 5.87. The van der Waals surface area contributed by atoms with Crippen molar-refractivity contribution in [1.29, 1.82) is 0 Å². The highest BCUT2D eigenvalue weighted by molar-refractivity contribution is 7.08. The zero-order chi connectivity index (χ0) is 14.7. The van der Waals surface area contributed by atoms with Gasteiger partial charge < -0.3 is 16.8 Å². The normalized spacial score (nSPS) is 16.2. The molecule has 0 unspecified atom stereocenters. The van der Waals surface area contributed by atoms with Crippen molar-refractivity contribution in [2.45, 2.75) is 44.7 Å². The highest BCUT2D eigenvalue weighted by atomic mass is 32.1. The molecule has 2 aromatic rings. The molecule has 1 aliphatic rings. The van der Waals surface area contributed by atoms with Crippen LogP contribution in [0, 0.1) is 0 Å². The molecule has 0 radical (unpaired) electrons. The molecule has 3 rings (SSSR count). The molecule has 0 atom stereocenters. The molecule has 112 valence electrons. The van der Waals surface area contributed by atoms with Crippen LogP contribution in [0.4, 0.5) is 11.4 Å². The first kappa shape index (κ1) is 14.4. The summed E-state index contributed by atoms with van der Waals surface area (Å²) in [5.74, 6) is 0. The second kappa shape index (κ2) is 6.50. The van der Waals surface area contributed by atoms with E-state index in [0.29, 0.717) is 6.04 Å². The minimum Gasteiger partial charge on any atom is -0.399 e. The summed E-state index contributed by atoms with van der Waals surface area (Å²) in [5, 5.41) is 8.09. The molecule has 1 heterocycles. The number of anilines is 2. The molecule has 0 amide bonds. The van der Waals surface area contributed by atoms with Gasteiger partial charge in [0.1, 0.15) is 0 Å². The largest absolute Gasteiger partial charge is 0.399 e. The molecule has 1 aliphatic carbocycles. The van der Waals surface area contributed by atoms with Gasteiger partial charge in [-0.2, -0.15) is 11.3 Å². The smallest absolute Gasteiger partial charge is 0.0395 e. The van der Waals surface area contributed by atoms with Gasteiger partial charge in [-0.1, -0.05) is 19.3 Å². The maximum atomic E-state index is 6.12. The minimum atomic E-state index is 0.671. The zero-order valence-corrected chi connectivity index (χ0v) is 13.1. The Balaban J connectivity index is 1.75. The van der Waals surface area contributed by atoms with Crippen molar-refractivity contribution in [3.05, 3.63) is 34.5 Å². The lowest BCUT2D eigenvalue weighted by Crippen LogP contribution is -2.30. The summed E-state index contributed by atoms with van der Waals surface area (Å²) in [6, 6.07) is 6.39. The molecular formula is C17H23N3S. The SMILES string of the molecule is Nc1ccc(N)c(-c2cscc2CNC2CCCCC2)c1. The van der Waals surface area contributed by atoms with Gasteiger partial charge in [-0.3, -0.25) is 0 Å². The van der Waals surface area contributed by atoms with Gasteiger partial charge in [0.25, 0.3) is 0 Å². The van der Waals surface area contributed by atoms with E-state index >= 15 is 0 Å². The standard InChI is InChI=1S/C17H23N3S/c18-13-6-7-17(19)15(8-13)16-11-21-10-12(16)9-20-14-4-2-1-3-5-14/h6-8,10-11,14,20H,1-5,9,18-19H2. The Bertz CT molecular complexity index is 600. The zero-order valence-electron chi connectivity index (χ0n) is 12.3. The Kier molecular flexibility index (Phi) is 4.46. The quantitative estimate of drug-likeness (QED) is 0.748. The van der Waals surface area contributed by atoms with Crippen LogP contribution in [0.25, 0.3) is 11.1 Å². The van der Waals surface area contributed by atoms with E-state index in [0.717, 1.165) is 23.5 Å². The van der Waals surface area contributed by atoms with Gasteiger partial charge >= 0.3 is 0 Å². The van der Waals surface area contributed by atoms with E-state index in [2.05, 4.69) is 16.1 Å². The van der Waals surface area contributed by atoms with E-state index in [1.165, 1.54) is 43.2 Å². The lowest BCUT2D eigenvalue weighted by molar-refractivity contribution is 0.372. The first-order valence-electron chi connectivity index (χ1n) is 7.68. The Labute approximate surface area is 130 Å². The van der Waals surface area contributed by atoms with Crippen LogP contribution in [0.1, 0.15) is 37.7 Å². The summed E-state index contributed by atoms with van der Waals surface area (Å²) in [5.41, 5.74) is 17.2. The van der Waals surface area contributed by atoms with E-state index in [1.807, 2.05) is 18.2 Å². The fourth-order valence-electron chi connectivity index (χ4n) is 3.06. The fourth-order valence-corrected chi connectivity index (χ4v) is 3.92. The van der Waals surface area contributed by atoms with Crippen molar-refractivity contribution in [2.75, 3.05) is 11.5 Å². The number of nitrogens with one attached hydrogen (secondary N) is 1. The maximum absolute atomic E-state index is 6.12. The van der Waals surface area contributed by atoms with Gasteiger partial charge in [0.05, 0.1) is 0 Å². The predicted molar refractivity (Wildman–Crippen MR) is 92.3 cm³/mol. The van der Waals surface area contributed by atoms with E-state index in [4.69, 9.17) is 11.5 Å². The molecule has 0 spiro atoms. The van der Waals surface area contributed by atoms with Crippen LogP contribution in [0.5, 0.6) is 0 Å². The third-order valence-corrected chi connectivity index (χ3v) is 5.09. The van der Waals surface area contributed by atoms with E-state index in [9.17, 15) is 0 Å². The van der Waals surface area contributed by atoms with Crippen LogP contribution in [0.15, 0.2) is 29.0 Å². The summed E-state index contributed by atoms with van der Waals surface area (Å²) in [4.78, 5) is 0. The summed E-state index contributed by atoms with van der Waals surface area (Å²) in [6.45, 7) is 0.914. The molecule has 21 heavy (non-hydrogen) atoms. The summed E-state index contributed by atoms with van der Waals surface area (Å²) >= 11 is 1.73. The number of hydrogen-bond acceptors (Lipinski definition) is 4. The lowest BCUT2D eigenvalue weighted by Gasteiger charge is -2.23. The van der Waals surface area contributed by atoms with Crippen LogP contribution in [0.2, 0.25) is 0 Å². The van der Waals surface area contributed by atoms with Crippen LogP contribution < -0.4 is 16.8 Å². The average Bonchev–Trinajstić information content (AvgIpc) is 2.97.